The molecular weight excluding hydrogens is 827 g/mol. The Bertz CT molecular complexity index is 3960. The molecule has 5 heteroatoms. The molecule has 0 saturated heterocycles. The molecule has 12 rings (SSSR count). The van der Waals surface area contributed by atoms with Crippen LogP contribution in [0.5, 0.6) is 0 Å². The highest BCUT2D eigenvalue weighted by molar-refractivity contribution is 6.13. The zero-order valence-corrected chi connectivity index (χ0v) is 38.3. The Morgan fingerprint density at radius 2 is 0.809 bits per heavy atom. The van der Waals surface area contributed by atoms with Gasteiger partial charge in [0, 0.05) is 38.2 Å². The number of aromatic nitrogens is 4. The van der Waals surface area contributed by atoms with Crippen molar-refractivity contribution in [2.45, 2.75) is 27.7 Å². The third-order valence-corrected chi connectivity index (χ3v) is 13.5. The molecular formula is C63H45N5. The van der Waals surface area contributed by atoms with Crippen LogP contribution in [0.25, 0.3) is 116 Å². The van der Waals surface area contributed by atoms with Gasteiger partial charge in [0.25, 0.3) is 0 Å². The molecule has 0 aliphatic rings. The fourth-order valence-electron chi connectivity index (χ4n) is 10.4. The van der Waals surface area contributed by atoms with Crippen LogP contribution in [0, 0.1) is 34.3 Å². The normalized spacial score (nSPS) is 11.5. The first-order chi connectivity index (χ1) is 33.3. The molecule has 3 aromatic heterocycles. The summed E-state index contributed by atoms with van der Waals surface area (Å²) < 4.78 is 4.73. The third kappa shape index (κ3) is 6.77. The van der Waals surface area contributed by atoms with Crippen LogP contribution in [-0.4, -0.2) is 19.1 Å². The van der Waals surface area contributed by atoms with E-state index in [1.165, 1.54) is 44.5 Å². The Kier molecular flexibility index (Phi) is 9.71. The van der Waals surface area contributed by atoms with Gasteiger partial charge in [-0.1, -0.05) is 157 Å². The predicted octanol–water partition coefficient (Wildman–Crippen LogP) is 16.8. The van der Waals surface area contributed by atoms with Crippen molar-refractivity contribution in [3.8, 4) is 67.5 Å². The monoisotopic (exact) mass is 871 g/mol. The van der Waals surface area contributed by atoms with Crippen molar-refractivity contribution < 1.29 is 0 Å². The molecule has 0 spiro atoms. The zero-order chi connectivity index (χ0) is 46.0. The van der Waals surface area contributed by atoms with Gasteiger partial charge in [-0.3, -0.25) is 0 Å². The molecule has 0 unspecified atom stereocenters. The van der Waals surface area contributed by atoms with Crippen LogP contribution in [0.2, 0.25) is 0 Å². The van der Waals surface area contributed by atoms with Crippen LogP contribution in [0.15, 0.2) is 200 Å². The SMILES string of the molecule is [C-]#[N+]c1cc(-n2c3ccccc3c3cc(-c4ccc(C)cc4C)ccc32)c(-n2c3ccccc3c3cc(-c4ccc(C)cc4C)ccc32)cc1-c1nc(-c2ccccc2)cc(-c2ccccc2)n1. The molecule has 0 N–H and O–H groups in total. The van der Waals surface area contributed by atoms with E-state index in [-0.39, 0.29) is 0 Å². The molecule has 0 aliphatic carbocycles. The molecule has 0 radical (unpaired) electrons. The maximum atomic E-state index is 8.87. The molecule has 0 bridgehead atoms. The van der Waals surface area contributed by atoms with Crippen molar-refractivity contribution in [2.24, 2.45) is 0 Å². The van der Waals surface area contributed by atoms with E-state index in [1.807, 2.05) is 42.5 Å². The molecule has 12 aromatic rings. The zero-order valence-electron chi connectivity index (χ0n) is 38.3. The van der Waals surface area contributed by atoms with Crippen molar-refractivity contribution in [1.82, 2.24) is 19.1 Å². The predicted molar refractivity (Wildman–Crippen MR) is 283 cm³/mol. The number of rotatable bonds is 7. The molecule has 0 saturated carbocycles. The lowest BCUT2D eigenvalue weighted by Crippen LogP contribution is -2.05. The molecule has 0 aliphatic heterocycles. The summed E-state index contributed by atoms with van der Waals surface area (Å²) >= 11 is 0. The summed E-state index contributed by atoms with van der Waals surface area (Å²) in [5, 5.41) is 4.57. The van der Waals surface area contributed by atoms with Crippen LogP contribution in [0.4, 0.5) is 5.69 Å². The highest BCUT2D eigenvalue weighted by Gasteiger charge is 2.24. The number of benzene rings is 9. The molecule has 322 valence electrons. The van der Waals surface area contributed by atoms with Crippen LogP contribution in [0.3, 0.4) is 0 Å². The van der Waals surface area contributed by atoms with Gasteiger partial charge in [0.1, 0.15) is 5.82 Å². The number of nitrogens with zero attached hydrogens (tertiary/aromatic N) is 5. The number of fused-ring (bicyclic) bond motifs is 6. The van der Waals surface area contributed by atoms with Gasteiger partial charge in [-0.05, 0) is 116 Å². The number of hydrogen-bond donors (Lipinski definition) is 0. The van der Waals surface area contributed by atoms with Gasteiger partial charge in [-0.15, -0.1) is 0 Å². The summed E-state index contributed by atoms with van der Waals surface area (Å²) in [7, 11) is 0. The lowest BCUT2D eigenvalue weighted by Gasteiger charge is -2.20. The van der Waals surface area contributed by atoms with Crippen molar-refractivity contribution >= 4 is 49.3 Å². The Balaban J connectivity index is 1.18. The summed E-state index contributed by atoms with van der Waals surface area (Å²) in [6.45, 7) is 17.5. The van der Waals surface area contributed by atoms with Gasteiger partial charge in [-0.2, -0.15) is 0 Å². The fraction of sp³-hybridized carbons (Fsp3) is 0.0635. The first-order valence-electron chi connectivity index (χ1n) is 23.1. The molecule has 0 amide bonds. The molecule has 0 fully saturated rings. The van der Waals surface area contributed by atoms with Gasteiger partial charge in [-0.25, -0.2) is 14.8 Å². The largest absolute Gasteiger partial charge is 0.308 e. The van der Waals surface area contributed by atoms with E-state index in [4.69, 9.17) is 16.5 Å². The average molecular weight is 872 g/mol. The van der Waals surface area contributed by atoms with Gasteiger partial charge < -0.3 is 9.13 Å². The number of hydrogen-bond acceptors (Lipinski definition) is 2. The van der Waals surface area contributed by atoms with E-state index in [0.717, 1.165) is 77.5 Å². The topological polar surface area (TPSA) is 40.0 Å². The second-order valence-electron chi connectivity index (χ2n) is 18.0. The number of aryl methyl sites for hydroxylation is 4. The average Bonchev–Trinajstić information content (AvgIpc) is 3.88. The second kappa shape index (κ2) is 16.2. The van der Waals surface area contributed by atoms with E-state index in [9.17, 15) is 0 Å². The first kappa shape index (κ1) is 40.6. The summed E-state index contributed by atoms with van der Waals surface area (Å²) in [5.74, 6) is 0.488. The molecule has 9 aromatic carbocycles. The van der Waals surface area contributed by atoms with Gasteiger partial charge in [0.05, 0.1) is 51.4 Å². The number of para-hydroxylation sites is 2. The summed E-state index contributed by atoms with van der Waals surface area (Å²) in [5.41, 5.74) is 20.4. The smallest absolute Gasteiger partial charge is 0.200 e. The van der Waals surface area contributed by atoms with Crippen molar-refractivity contribution in [3.63, 3.8) is 0 Å². The minimum Gasteiger partial charge on any atom is -0.308 e. The quantitative estimate of drug-likeness (QED) is 0.150. The van der Waals surface area contributed by atoms with Crippen LogP contribution >= 0.6 is 0 Å². The minimum absolute atomic E-state index is 0.462. The van der Waals surface area contributed by atoms with Gasteiger partial charge in [0.2, 0.25) is 0 Å². The van der Waals surface area contributed by atoms with E-state index < -0.39 is 0 Å². The summed E-state index contributed by atoms with van der Waals surface area (Å²) in [4.78, 5) is 14.9. The van der Waals surface area contributed by atoms with Crippen LogP contribution < -0.4 is 0 Å². The highest BCUT2D eigenvalue weighted by Crippen LogP contribution is 2.45. The second-order valence-corrected chi connectivity index (χ2v) is 18.0. The fourth-order valence-corrected chi connectivity index (χ4v) is 10.4. The molecule has 0 atom stereocenters. The maximum absolute atomic E-state index is 8.87. The Hall–Kier alpha value is -8.85. The highest BCUT2D eigenvalue weighted by atomic mass is 15.1. The van der Waals surface area contributed by atoms with Gasteiger partial charge in [0.15, 0.2) is 5.69 Å². The van der Waals surface area contributed by atoms with E-state index in [0.29, 0.717) is 17.1 Å². The Morgan fingerprint density at radius 3 is 1.28 bits per heavy atom. The standard InChI is InChI=1S/C63H45N5/c1-39-24-28-47(41(3)32-39)45-26-30-59-51(34-45)49-20-12-14-22-57(49)67(59)61-36-53(63-65-54(43-16-8-6-9-17-43)37-55(66-63)44-18-10-7-11-19-44)56(64-5)38-62(61)68-58-23-15-13-21-50(58)52-35-46(27-31-60(52)68)48-29-25-40(2)33-42(48)4/h6-38H,1-4H3. The van der Waals surface area contributed by atoms with E-state index in [1.54, 1.807) is 0 Å². The van der Waals surface area contributed by atoms with Crippen molar-refractivity contribution in [3.05, 3.63) is 234 Å². The first-order valence-corrected chi connectivity index (χ1v) is 23.1. The lowest BCUT2D eigenvalue weighted by molar-refractivity contribution is 1.09. The molecule has 68 heavy (non-hydrogen) atoms. The Morgan fingerprint density at radius 1 is 0.368 bits per heavy atom. The third-order valence-electron chi connectivity index (χ3n) is 13.5. The summed E-state index contributed by atoms with van der Waals surface area (Å²) in [6, 6.07) is 71.0. The van der Waals surface area contributed by atoms with Crippen LogP contribution in [-0.2, 0) is 0 Å². The summed E-state index contributed by atoms with van der Waals surface area (Å²) in [6.07, 6.45) is 0. The van der Waals surface area contributed by atoms with Crippen LogP contribution in [0.1, 0.15) is 22.3 Å². The molecule has 3 heterocycles. The van der Waals surface area contributed by atoms with E-state index in [2.05, 4.69) is 199 Å². The van der Waals surface area contributed by atoms with Gasteiger partial charge >= 0.3 is 0 Å². The maximum Gasteiger partial charge on any atom is 0.200 e. The lowest BCUT2D eigenvalue weighted by atomic mass is 9.97. The van der Waals surface area contributed by atoms with Crippen molar-refractivity contribution in [2.75, 3.05) is 0 Å². The molecule has 5 nitrogen and oxygen atoms in total. The van der Waals surface area contributed by atoms with Crippen molar-refractivity contribution in [1.29, 1.82) is 0 Å². The van der Waals surface area contributed by atoms with E-state index >= 15 is 0 Å². The minimum atomic E-state index is 0.462. The Labute approximate surface area is 395 Å².